The van der Waals surface area contributed by atoms with Crippen LogP contribution in [0.25, 0.3) is 22.3 Å². The molecule has 23 heavy (non-hydrogen) atoms. The molecule has 0 atom stereocenters. The van der Waals surface area contributed by atoms with Crippen molar-refractivity contribution in [1.82, 2.24) is 0 Å². The number of aromatic carboxylic acids is 1. The van der Waals surface area contributed by atoms with Crippen molar-refractivity contribution in [2.24, 2.45) is 0 Å². The van der Waals surface area contributed by atoms with Gasteiger partial charge in [-0.25, -0.2) is 4.79 Å². The van der Waals surface area contributed by atoms with Crippen molar-refractivity contribution in [2.75, 3.05) is 6.61 Å². The summed E-state index contributed by atoms with van der Waals surface area (Å²) in [4.78, 5) is 11.7. The zero-order chi connectivity index (χ0) is 16.4. The molecule has 1 N–H and O–H groups in total. The Labute approximate surface area is 133 Å². The molecule has 116 valence electrons. The van der Waals surface area contributed by atoms with Gasteiger partial charge in [-0.1, -0.05) is 36.9 Å². The molecule has 0 bridgehead atoms. The van der Waals surface area contributed by atoms with Crippen LogP contribution in [0.15, 0.2) is 65.1 Å². The molecule has 1 aromatic heterocycles. The molecular weight excluding hydrogens is 292 g/mol. The lowest BCUT2D eigenvalue weighted by Crippen LogP contribution is -1.99. The lowest BCUT2D eigenvalue weighted by Gasteiger charge is -2.05. The van der Waals surface area contributed by atoms with E-state index >= 15 is 0 Å². The minimum absolute atomic E-state index is 0.145. The minimum atomic E-state index is -1.03. The molecule has 0 spiro atoms. The van der Waals surface area contributed by atoms with E-state index in [1.165, 1.54) is 0 Å². The van der Waals surface area contributed by atoms with Crippen molar-refractivity contribution in [3.63, 3.8) is 0 Å². The summed E-state index contributed by atoms with van der Waals surface area (Å²) in [7, 11) is 0. The Morgan fingerprint density at radius 2 is 1.96 bits per heavy atom. The summed E-state index contributed by atoms with van der Waals surface area (Å²) in [5.74, 6) is -0.0896. The van der Waals surface area contributed by atoms with E-state index < -0.39 is 5.97 Å². The number of fused-ring (bicyclic) bond motifs is 1. The number of ether oxygens (including phenoxy) is 1. The summed E-state index contributed by atoms with van der Waals surface area (Å²) >= 11 is 0. The van der Waals surface area contributed by atoms with Crippen LogP contribution in [0.1, 0.15) is 17.3 Å². The third-order valence-corrected chi connectivity index (χ3v) is 3.39. The van der Waals surface area contributed by atoms with E-state index in [0.29, 0.717) is 29.1 Å². The maximum atomic E-state index is 11.7. The highest BCUT2D eigenvalue weighted by molar-refractivity contribution is 6.08. The first-order chi connectivity index (χ1) is 11.1. The fourth-order valence-corrected chi connectivity index (χ4v) is 2.38. The molecule has 0 fully saturated rings. The lowest BCUT2D eigenvalue weighted by molar-refractivity contribution is 0.0699. The molecular formula is C19H16O4. The molecule has 0 radical (unpaired) electrons. The van der Waals surface area contributed by atoms with Crippen molar-refractivity contribution in [2.45, 2.75) is 6.92 Å². The van der Waals surface area contributed by atoms with Gasteiger partial charge in [0.05, 0.1) is 0 Å². The molecule has 1 heterocycles. The van der Waals surface area contributed by atoms with Crippen LogP contribution in [-0.2, 0) is 0 Å². The molecule has 0 aliphatic rings. The SMILES string of the molecule is C=C(C)COc1ccc2oc(-c3ccccc3)c(C(=O)O)c2c1. The Balaban J connectivity index is 2.14. The highest BCUT2D eigenvalue weighted by atomic mass is 16.5. The summed E-state index contributed by atoms with van der Waals surface area (Å²) in [6.45, 7) is 6.04. The fourth-order valence-electron chi connectivity index (χ4n) is 2.38. The minimum Gasteiger partial charge on any atom is -0.489 e. The number of carbonyl (C=O) groups is 1. The fraction of sp³-hybridized carbons (Fsp3) is 0.105. The number of carboxylic acid groups (broad SMARTS) is 1. The van der Waals surface area contributed by atoms with Crippen LogP contribution in [0.3, 0.4) is 0 Å². The third-order valence-electron chi connectivity index (χ3n) is 3.39. The molecule has 0 saturated heterocycles. The zero-order valence-electron chi connectivity index (χ0n) is 12.7. The number of furan rings is 1. The first-order valence-corrected chi connectivity index (χ1v) is 7.18. The predicted molar refractivity (Wildman–Crippen MR) is 88.9 cm³/mol. The molecule has 0 amide bonds. The van der Waals surface area contributed by atoms with Gasteiger partial charge in [-0.3, -0.25) is 0 Å². The first-order valence-electron chi connectivity index (χ1n) is 7.18. The summed E-state index contributed by atoms with van der Waals surface area (Å²) in [5, 5.41) is 10.1. The van der Waals surface area contributed by atoms with Crippen LogP contribution in [0.2, 0.25) is 0 Å². The second-order valence-corrected chi connectivity index (χ2v) is 5.38. The van der Waals surface area contributed by atoms with Crippen LogP contribution < -0.4 is 4.74 Å². The standard InChI is InChI=1S/C19H16O4/c1-12(2)11-22-14-8-9-16-15(10-14)17(19(20)21)18(23-16)13-6-4-3-5-7-13/h3-10H,1,11H2,2H3,(H,20,21). The quantitative estimate of drug-likeness (QED) is 0.691. The second kappa shape index (κ2) is 6.01. The van der Waals surface area contributed by atoms with E-state index in [-0.39, 0.29) is 5.56 Å². The summed E-state index contributed by atoms with van der Waals surface area (Å²) in [6.07, 6.45) is 0. The second-order valence-electron chi connectivity index (χ2n) is 5.38. The third kappa shape index (κ3) is 2.97. The van der Waals surface area contributed by atoms with Gasteiger partial charge < -0.3 is 14.3 Å². The van der Waals surface area contributed by atoms with Crippen LogP contribution in [-0.4, -0.2) is 17.7 Å². The van der Waals surface area contributed by atoms with E-state index in [4.69, 9.17) is 9.15 Å². The van der Waals surface area contributed by atoms with Crippen LogP contribution in [0.5, 0.6) is 5.75 Å². The Hall–Kier alpha value is -3.01. The highest BCUT2D eigenvalue weighted by Crippen LogP contribution is 2.35. The van der Waals surface area contributed by atoms with Gasteiger partial charge in [-0.05, 0) is 30.7 Å². The van der Waals surface area contributed by atoms with Gasteiger partial charge in [-0.15, -0.1) is 0 Å². The average molecular weight is 308 g/mol. The average Bonchev–Trinajstić information content (AvgIpc) is 2.92. The van der Waals surface area contributed by atoms with E-state index in [2.05, 4.69) is 6.58 Å². The molecule has 0 aliphatic carbocycles. The molecule has 4 heteroatoms. The summed E-state index contributed by atoms with van der Waals surface area (Å²) in [5.41, 5.74) is 2.28. The molecule has 0 unspecified atom stereocenters. The van der Waals surface area contributed by atoms with Gasteiger partial charge >= 0.3 is 5.97 Å². The smallest absolute Gasteiger partial charge is 0.340 e. The maximum Gasteiger partial charge on any atom is 0.340 e. The Bertz CT molecular complexity index is 875. The van der Waals surface area contributed by atoms with Crippen LogP contribution in [0, 0.1) is 0 Å². The topological polar surface area (TPSA) is 59.7 Å². The molecule has 0 saturated carbocycles. The zero-order valence-corrected chi connectivity index (χ0v) is 12.7. The van der Waals surface area contributed by atoms with E-state index in [9.17, 15) is 9.90 Å². The number of hydrogen-bond acceptors (Lipinski definition) is 3. The van der Waals surface area contributed by atoms with Gasteiger partial charge in [-0.2, -0.15) is 0 Å². The summed E-state index contributed by atoms with van der Waals surface area (Å²) in [6, 6.07) is 14.4. The van der Waals surface area contributed by atoms with Gasteiger partial charge in [0.25, 0.3) is 0 Å². The summed E-state index contributed by atoms with van der Waals surface area (Å²) < 4.78 is 11.4. The molecule has 2 aromatic carbocycles. The van der Waals surface area contributed by atoms with Crippen LogP contribution >= 0.6 is 0 Å². The highest BCUT2D eigenvalue weighted by Gasteiger charge is 2.21. The normalized spacial score (nSPS) is 10.7. The Kier molecular flexibility index (Phi) is 3.89. The predicted octanol–water partition coefficient (Wildman–Crippen LogP) is 4.75. The van der Waals surface area contributed by atoms with E-state index in [1.54, 1.807) is 18.2 Å². The number of hydrogen-bond donors (Lipinski definition) is 1. The monoisotopic (exact) mass is 308 g/mol. The molecule has 4 nitrogen and oxygen atoms in total. The number of benzene rings is 2. The van der Waals surface area contributed by atoms with E-state index in [0.717, 1.165) is 11.1 Å². The van der Waals surface area contributed by atoms with Crippen molar-refractivity contribution in [1.29, 1.82) is 0 Å². The van der Waals surface area contributed by atoms with Crippen molar-refractivity contribution < 1.29 is 19.1 Å². The Morgan fingerprint density at radius 1 is 1.22 bits per heavy atom. The van der Waals surface area contributed by atoms with Crippen molar-refractivity contribution in [3.05, 3.63) is 66.2 Å². The Morgan fingerprint density at radius 3 is 2.61 bits per heavy atom. The van der Waals surface area contributed by atoms with Crippen molar-refractivity contribution in [3.8, 4) is 17.1 Å². The van der Waals surface area contributed by atoms with E-state index in [1.807, 2.05) is 37.3 Å². The molecule has 0 aliphatic heterocycles. The maximum absolute atomic E-state index is 11.7. The first kappa shape index (κ1) is 14.9. The van der Waals surface area contributed by atoms with Gasteiger partial charge in [0.2, 0.25) is 0 Å². The largest absolute Gasteiger partial charge is 0.489 e. The number of rotatable bonds is 5. The lowest BCUT2D eigenvalue weighted by atomic mass is 10.1. The molecule has 3 aromatic rings. The van der Waals surface area contributed by atoms with Gasteiger partial charge in [0, 0.05) is 10.9 Å². The van der Waals surface area contributed by atoms with Gasteiger partial charge in [0.15, 0.2) is 0 Å². The number of carboxylic acids is 1. The molecule has 3 rings (SSSR count). The van der Waals surface area contributed by atoms with Gasteiger partial charge in [0.1, 0.15) is 29.3 Å². The van der Waals surface area contributed by atoms with Crippen molar-refractivity contribution >= 4 is 16.9 Å². The van der Waals surface area contributed by atoms with Crippen LogP contribution in [0.4, 0.5) is 0 Å².